The second-order valence-corrected chi connectivity index (χ2v) is 4.04. The minimum absolute atomic E-state index is 0.0211. The smallest absolute Gasteiger partial charge is 0.146 e. The van der Waals surface area contributed by atoms with Crippen LogP contribution in [0, 0.1) is 0 Å². The van der Waals surface area contributed by atoms with E-state index in [1.54, 1.807) is 6.92 Å². The van der Waals surface area contributed by atoms with Crippen molar-refractivity contribution >= 4 is 5.78 Å². The maximum Gasteiger partial charge on any atom is 0.146 e. The van der Waals surface area contributed by atoms with Gasteiger partial charge in [-0.15, -0.1) is 0 Å². The first-order valence-electron chi connectivity index (χ1n) is 5.00. The third-order valence-corrected chi connectivity index (χ3v) is 3.28. The van der Waals surface area contributed by atoms with Crippen LogP contribution in [-0.4, -0.2) is 31.5 Å². The van der Waals surface area contributed by atoms with Crippen molar-refractivity contribution in [3.05, 3.63) is 0 Å². The molecule has 3 heteroatoms. The summed E-state index contributed by atoms with van der Waals surface area (Å²) in [6, 6.07) is 0.0211. The maximum absolute atomic E-state index is 11.2. The van der Waals surface area contributed by atoms with E-state index in [2.05, 4.69) is 10.6 Å². The second kappa shape index (κ2) is 4.20. The molecule has 0 bridgehead atoms. The number of ketones is 1. The van der Waals surface area contributed by atoms with Crippen LogP contribution in [-0.2, 0) is 4.79 Å². The normalized spacial score (nSPS) is 22.1. The Hall–Kier alpha value is -0.410. The van der Waals surface area contributed by atoms with Crippen LogP contribution >= 0.6 is 0 Å². The highest BCUT2D eigenvalue weighted by molar-refractivity contribution is 5.81. The molecule has 0 aromatic rings. The van der Waals surface area contributed by atoms with E-state index >= 15 is 0 Å². The molecule has 0 aromatic carbocycles. The number of Topliss-reactive ketones (excluding diaryl/α,β-unsaturated/α-hetero) is 1. The standard InChI is InChI=1S/C10H20N2O/c1-8(13)9(11-2)7-10(12-3)5-4-6-10/h9,11-12H,4-7H2,1-3H3. The van der Waals surface area contributed by atoms with Gasteiger partial charge in [-0.2, -0.15) is 0 Å². The molecule has 76 valence electrons. The van der Waals surface area contributed by atoms with Crippen LogP contribution in [0.25, 0.3) is 0 Å². The molecule has 3 nitrogen and oxygen atoms in total. The Morgan fingerprint density at radius 1 is 1.46 bits per heavy atom. The molecule has 0 aromatic heterocycles. The highest BCUT2D eigenvalue weighted by Crippen LogP contribution is 2.35. The third-order valence-electron chi connectivity index (χ3n) is 3.28. The lowest BCUT2D eigenvalue weighted by molar-refractivity contribution is -0.119. The van der Waals surface area contributed by atoms with Crippen molar-refractivity contribution in [3.63, 3.8) is 0 Å². The highest BCUT2D eigenvalue weighted by Gasteiger charge is 2.37. The molecular formula is C10H20N2O. The lowest BCUT2D eigenvalue weighted by Crippen LogP contribution is -2.54. The lowest BCUT2D eigenvalue weighted by Gasteiger charge is -2.43. The van der Waals surface area contributed by atoms with Crippen LogP contribution in [0.5, 0.6) is 0 Å². The van der Waals surface area contributed by atoms with Crippen LogP contribution in [0.15, 0.2) is 0 Å². The van der Waals surface area contributed by atoms with Crippen molar-refractivity contribution in [2.24, 2.45) is 0 Å². The largest absolute Gasteiger partial charge is 0.314 e. The predicted molar refractivity (Wildman–Crippen MR) is 53.8 cm³/mol. The Kier molecular flexibility index (Phi) is 3.45. The third kappa shape index (κ3) is 2.29. The van der Waals surface area contributed by atoms with Gasteiger partial charge in [0.05, 0.1) is 6.04 Å². The number of carbonyl (C=O) groups excluding carboxylic acids is 1. The molecule has 0 radical (unpaired) electrons. The zero-order valence-electron chi connectivity index (χ0n) is 8.81. The van der Waals surface area contributed by atoms with Crippen molar-refractivity contribution in [2.75, 3.05) is 14.1 Å². The summed E-state index contributed by atoms with van der Waals surface area (Å²) in [5.74, 6) is 0.240. The Bertz CT molecular complexity index is 182. The van der Waals surface area contributed by atoms with E-state index in [-0.39, 0.29) is 17.4 Å². The fraction of sp³-hybridized carbons (Fsp3) is 0.900. The van der Waals surface area contributed by atoms with E-state index < -0.39 is 0 Å². The van der Waals surface area contributed by atoms with Crippen LogP contribution in [0.1, 0.15) is 32.6 Å². The first-order valence-corrected chi connectivity index (χ1v) is 5.00. The summed E-state index contributed by atoms with van der Waals surface area (Å²) in [6.07, 6.45) is 4.62. The number of hydrogen-bond donors (Lipinski definition) is 2. The molecule has 1 fully saturated rings. The Morgan fingerprint density at radius 3 is 2.31 bits per heavy atom. The summed E-state index contributed by atoms with van der Waals surface area (Å²) in [5, 5.41) is 6.41. The molecule has 1 aliphatic carbocycles. The summed E-state index contributed by atoms with van der Waals surface area (Å²) in [4.78, 5) is 11.2. The molecule has 1 saturated carbocycles. The number of rotatable bonds is 5. The molecule has 0 spiro atoms. The second-order valence-electron chi connectivity index (χ2n) is 4.04. The van der Waals surface area contributed by atoms with Gasteiger partial charge in [0.25, 0.3) is 0 Å². The summed E-state index contributed by atoms with van der Waals surface area (Å²) in [5.41, 5.74) is 0.235. The van der Waals surface area contributed by atoms with Crippen LogP contribution in [0.4, 0.5) is 0 Å². The molecule has 1 rings (SSSR count). The molecule has 0 amide bonds. The Balaban J connectivity index is 2.48. The first kappa shape index (κ1) is 10.7. The number of nitrogens with one attached hydrogen (secondary N) is 2. The maximum atomic E-state index is 11.2. The van der Waals surface area contributed by atoms with E-state index in [0.29, 0.717) is 0 Å². The molecule has 1 aliphatic rings. The van der Waals surface area contributed by atoms with Gasteiger partial charge in [0.1, 0.15) is 5.78 Å². The average Bonchev–Trinajstić information content (AvgIpc) is 2.03. The fourth-order valence-electron chi connectivity index (χ4n) is 2.00. The molecule has 0 aliphatic heterocycles. The van der Waals surface area contributed by atoms with E-state index in [9.17, 15) is 4.79 Å². The molecule has 1 atom stereocenters. The van der Waals surface area contributed by atoms with E-state index in [4.69, 9.17) is 0 Å². The first-order chi connectivity index (χ1) is 6.13. The van der Waals surface area contributed by atoms with Gasteiger partial charge in [-0.3, -0.25) is 4.79 Å². The zero-order valence-corrected chi connectivity index (χ0v) is 8.81. The van der Waals surface area contributed by atoms with Gasteiger partial charge >= 0.3 is 0 Å². The van der Waals surface area contributed by atoms with Gasteiger partial charge in [-0.25, -0.2) is 0 Å². The predicted octanol–water partition coefficient (Wildman–Crippen LogP) is 0.696. The van der Waals surface area contributed by atoms with Crippen molar-refractivity contribution in [1.29, 1.82) is 0 Å². The van der Waals surface area contributed by atoms with Crippen molar-refractivity contribution in [3.8, 4) is 0 Å². The minimum Gasteiger partial charge on any atom is -0.314 e. The summed E-state index contributed by atoms with van der Waals surface area (Å²) in [7, 11) is 3.85. The Labute approximate surface area is 80.3 Å². The molecule has 13 heavy (non-hydrogen) atoms. The molecule has 2 N–H and O–H groups in total. The highest BCUT2D eigenvalue weighted by atomic mass is 16.1. The van der Waals surface area contributed by atoms with E-state index in [1.807, 2.05) is 14.1 Å². The van der Waals surface area contributed by atoms with E-state index in [0.717, 1.165) is 6.42 Å². The number of hydrogen-bond acceptors (Lipinski definition) is 3. The SMILES string of the molecule is CNC(CC1(NC)CCC1)C(C)=O. The average molecular weight is 184 g/mol. The van der Waals surface area contributed by atoms with Gasteiger partial charge in [0.15, 0.2) is 0 Å². The van der Waals surface area contributed by atoms with Gasteiger partial charge in [0.2, 0.25) is 0 Å². The van der Waals surface area contributed by atoms with Crippen molar-refractivity contribution in [2.45, 2.75) is 44.2 Å². The van der Waals surface area contributed by atoms with Gasteiger partial charge in [-0.1, -0.05) is 0 Å². The summed E-state index contributed by atoms with van der Waals surface area (Å²) in [6.45, 7) is 1.66. The Morgan fingerprint density at radius 2 is 2.08 bits per heavy atom. The number of likely N-dealkylation sites (N-methyl/N-ethyl adjacent to an activating group) is 1. The quantitative estimate of drug-likeness (QED) is 0.660. The summed E-state index contributed by atoms with van der Waals surface area (Å²) >= 11 is 0. The van der Waals surface area contributed by atoms with Gasteiger partial charge < -0.3 is 10.6 Å². The molecule has 0 heterocycles. The van der Waals surface area contributed by atoms with Gasteiger partial charge in [-0.05, 0) is 46.7 Å². The summed E-state index contributed by atoms with van der Waals surface area (Å²) < 4.78 is 0. The monoisotopic (exact) mass is 184 g/mol. The van der Waals surface area contributed by atoms with Crippen molar-refractivity contribution < 1.29 is 4.79 Å². The topological polar surface area (TPSA) is 41.1 Å². The van der Waals surface area contributed by atoms with Crippen LogP contribution in [0.2, 0.25) is 0 Å². The zero-order chi connectivity index (χ0) is 9.90. The van der Waals surface area contributed by atoms with Crippen LogP contribution < -0.4 is 10.6 Å². The minimum atomic E-state index is 0.0211. The molecule has 0 saturated heterocycles. The van der Waals surface area contributed by atoms with Crippen molar-refractivity contribution in [1.82, 2.24) is 10.6 Å². The number of carbonyl (C=O) groups is 1. The van der Waals surface area contributed by atoms with Gasteiger partial charge in [0, 0.05) is 5.54 Å². The van der Waals surface area contributed by atoms with E-state index in [1.165, 1.54) is 19.3 Å². The lowest BCUT2D eigenvalue weighted by atomic mass is 9.72. The molecular weight excluding hydrogens is 164 g/mol. The molecule has 1 unspecified atom stereocenters. The fourth-order valence-corrected chi connectivity index (χ4v) is 2.00. The van der Waals surface area contributed by atoms with Crippen LogP contribution in [0.3, 0.4) is 0 Å².